The van der Waals surface area contributed by atoms with Crippen molar-refractivity contribution in [3.8, 4) is 5.75 Å². The maximum atomic E-state index is 12.0. The van der Waals surface area contributed by atoms with Gasteiger partial charge < -0.3 is 15.2 Å². The number of benzene rings is 1. The molecule has 0 saturated heterocycles. The van der Waals surface area contributed by atoms with Crippen LogP contribution in [0.15, 0.2) is 24.3 Å². The molecule has 0 heterocycles. The number of nitrogens with one attached hydrogen (secondary N) is 1. The van der Waals surface area contributed by atoms with Crippen LogP contribution in [0, 0.1) is 0 Å². The highest BCUT2D eigenvalue weighted by molar-refractivity contribution is 5.94. The largest absolute Gasteiger partial charge is 0.481 e. The van der Waals surface area contributed by atoms with Crippen LogP contribution in [0.25, 0.3) is 0 Å². The number of carboxylic acid groups (broad SMARTS) is 1. The lowest BCUT2D eigenvalue weighted by molar-refractivity contribution is -0.136. The quantitative estimate of drug-likeness (QED) is 0.811. The number of rotatable bonds is 6. The minimum Gasteiger partial charge on any atom is -0.481 e. The van der Waals surface area contributed by atoms with Crippen molar-refractivity contribution >= 4 is 11.9 Å². The van der Waals surface area contributed by atoms with E-state index in [4.69, 9.17) is 5.11 Å². The Hall–Kier alpha value is -2.18. The fourth-order valence-electron chi connectivity index (χ4n) is 1.20. The number of ether oxygens (including phenoxy) is 1. The topological polar surface area (TPSA) is 75.6 Å². The molecule has 1 aromatic rings. The van der Waals surface area contributed by atoms with E-state index in [2.05, 4.69) is 10.1 Å². The monoisotopic (exact) mass is 259 g/mol. The molecule has 1 aromatic carbocycles. The van der Waals surface area contributed by atoms with Crippen molar-refractivity contribution in [2.75, 3.05) is 6.54 Å². The molecule has 18 heavy (non-hydrogen) atoms. The van der Waals surface area contributed by atoms with E-state index in [0.29, 0.717) is 0 Å². The summed E-state index contributed by atoms with van der Waals surface area (Å²) in [6.07, 6.45) is -0.209. The number of aliphatic carboxylic acids is 1. The zero-order valence-corrected chi connectivity index (χ0v) is 9.23. The second-order valence-electron chi connectivity index (χ2n) is 3.31. The first-order chi connectivity index (χ1) is 8.49. The SMILES string of the molecule is O=C(O)CCNC(=O)c1cccc(OC(F)F)c1. The molecule has 0 saturated carbocycles. The van der Waals surface area contributed by atoms with E-state index in [1.165, 1.54) is 18.2 Å². The van der Waals surface area contributed by atoms with Crippen molar-refractivity contribution in [3.05, 3.63) is 29.8 Å². The Morgan fingerprint density at radius 1 is 1.39 bits per heavy atom. The van der Waals surface area contributed by atoms with Gasteiger partial charge in [-0.1, -0.05) is 6.07 Å². The first-order valence-electron chi connectivity index (χ1n) is 5.04. The van der Waals surface area contributed by atoms with E-state index < -0.39 is 18.5 Å². The summed E-state index contributed by atoms with van der Waals surface area (Å²) in [5, 5.41) is 10.7. The second-order valence-corrected chi connectivity index (χ2v) is 3.31. The number of carboxylic acids is 1. The van der Waals surface area contributed by atoms with Gasteiger partial charge in [0.05, 0.1) is 6.42 Å². The van der Waals surface area contributed by atoms with Crippen LogP contribution in [-0.2, 0) is 4.79 Å². The molecule has 0 aromatic heterocycles. The molecule has 1 rings (SSSR count). The summed E-state index contributed by atoms with van der Waals surface area (Å²) in [4.78, 5) is 21.8. The maximum Gasteiger partial charge on any atom is 0.387 e. The highest BCUT2D eigenvalue weighted by atomic mass is 19.3. The summed E-state index contributed by atoms with van der Waals surface area (Å²) in [6.45, 7) is -3.00. The van der Waals surface area contributed by atoms with Crippen molar-refractivity contribution in [3.63, 3.8) is 0 Å². The number of carbonyl (C=O) groups is 2. The van der Waals surface area contributed by atoms with Gasteiger partial charge in [-0.3, -0.25) is 9.59 Å². The molecule has 1 amide bonds. The van der Waals surface area contributed by atoms with E-state index in [-0.39, 0.29) is 24.3 Å². The van der Waals surface area contributed by atoms with Crippen molar-refractivity contribution in [2.24, 2.45) is 0 Å². The third-order valence-electron chi connectivity index (χ3n) is 1.95. The first-order valence-corrected chi connectivity index (χ1v) is 5.04. The zero-order chi connectivity index (χ0) is 13.5. The number of carbonyl (C=O) groups excluding carboxylic acids is 1. The minimum absolute atomic E-state index is 0.0336. The average Bonchev–Trinajstić information content (AvgIpc) is 2.27. The highest BCUT2D eigenvalue weighted by Gasteiger charge is 2.09. The number of halogens is 2. The van der Waals surface area contributed by atoms with E-state index in [1.807, 2.05) is 0 Å². The number of hydrogen-bond acceptors (Lipinski definition) is 3. The molecule has 98 valence electrons. The summed E-state index contributed by atoms with van der Waals surface area (Å²) in [5.41, 5.74) is 0.124. The Morgan fingerprint density at radius 3 is 2.72 bits per heavy atom. The molecule has 0 aliphatic rings. The van der Waals surface area contributed by atoms with Gasteiger partial charge in [-0.05, 0) is 18.2 Å². The first kappa shape index (κ1) is 13.9. The van der Waals surface area contributed by atoms with Gasteiger partial charge in [-0.2, -0.15) is 8.78 Å². The van der Waals surface area contributed by atoms with E-state index in [9.17, 15) is 18.4 Å². The van der Waals surface area contributed by atoms with Crippen LogP contribution >= 0.6 is 0 Å². The second kappa shape index (κ2) is 6.53. The normalized spacial score (nSPS) is 10.2. The van der Waals surface area contributed by atoms with Crippen molar-refractivity contribution in [2.45, 2.75) is 13.0 Å². The molecule has 0 spiro atoms. The summed E-state index contributed by atoms with van der Waals surface area (Å²) in [6, 6.07) is 5.25. The third-order valence-corrected chi connectivity index (χ3v) is 1.95. The van der Waals surface area contributed by atoms with Crippen LogP contribution in [0.4, 0.5) is 8.78 Å². The summed E-state index contributed by atoms with van der Waals surface area (Å²) in [5.74, 6) is -1.71. The molecule has 2 N–H and O–H groups in total. The van der Waals surface area contributed by atoms with Gasteiger partial charge in [0.25, 0.3) is 5.91 Å². The summed E-state index contributed by atoms with van der Waals surface area (Å²) >= 11 is 0. The number of amides is 1. The maximum absolute atomic E-state index is 12.0. The predicted molar refractivity (Wildman–Crippen MR) is 57.7 cm³/mol. The number of alkyl halides is 2. The Balaban J connectivity index is 2.59. The van der Waals surface area contributed by atoms with Gasteiger partial charge in [0.1, 0.15) is 5.75 Å². The Morgan fingerprint density at radius 2 is 2.11 bits per heavy atom. The lowest BCUT2D eigenvalue weighted by atomic mass is 10.2. The standard InChI is InChI=1S/C11H11F2NO4/c12-11(13)18-8-3-1-2-7(6-8)10(17)14-5-4-9(15)16/h1-3,6,11H,4-5H2,(H,14,17)(H,15,16). The summed E-state index contributed by atoms with van der Waals surface area (Å²) < 4.78 is 28.1. The van der Waals surface area contributed by atoms with Crippen molar-refractivity contribution < 1.29 is 28.2 Å². The molecule has 5 nitrogen and oxygen atoms in total. The Kier molecular flexibility index (Phi) is 5.04. The van der Waals surface area contributed by atoms with Gasteiger partial charge in [-0.15, -0.1) is 0 Å². The highest BCUT2D eigenvalue weighted by Crippen LogP contribution is 2.15. The molecule has 7 heteroatoms. The third kappa shape index (κ3) is 4.77. The summed E-state index contributed by atoms with van der Waals surface area (Å²) in [7, 11) is 0. The van der Waals surface area contributed by atoms with Crippen molar-refractivity contribution in [1.82, 2.24) is 5.32 Å². The van der Waals surface area contributed by atoms with Crippen LogP contribution in [0.2, 0.25) is 0 Å². The molecule has 0 bridgehead atoms. The predicted octanol–water partition coefficient (Wildman–Crippen LogP) is 1.49. The van der Waals surface area contributed by atoms with Gasteiger partial charge in [-0.25, -0.2) is 0 Å². The molecule has 0 aliphatic carbocycles. The van der Waals surface area contributed by atoms with Crippen LogP contribution in [-0.4, -0.2) is 30.1 Å². The molecule has 0 unspecified atom stereocenters. The van der Waals surface area contributed by atoms with E-state index >= 15 is 0 Å². The fraction of sp³-hybridized carbons (Fsp3) is 0.273. The van der Waals surface area contributed by atoms with Crippen LogP contribution in [0.3, 0.4) is 0 Å². The Bertz CT molecular complexity index is 437. The fourth-order valence-corrected chi connectivity index (χ4v) is 1.20. The zero-order valence-electron chi connectivity index (χ0n) is 9.23. The molecular weight excluding hydrogens is 248 g/mol. The van der Waals surface area contributed by atoms with E-state index in [1.54, 1.807) is 0 Å². The van der Waals surface area contributed by atoms with Gasteiger partial charge >= 0.3 is 12.6 Å². The Labute approximate surface area is 101 Å². The lowest BCUT2D eigenvalue weighted by Gasteiger charge is -2.07. The molecule has 0 atom stereocenters. The van der Waals surface area contributed by atoms with Gasteiger partial charge in [0.2, 0.25) is 0 Å². The van der Waals surface area contributed by atoms with Crippen LogP contribution < -0.4 is 10.1 Å². The van der Waals surface area contributed by atoms with Gasteiger partial charge in [0.15, 0.2) is 0 Å². The molecule has 0 fully saturated rings. The number of hydrogen-bond donors (Lipinski definition) is 2. The lowest BCUT2D eigenvalue weighted by Crippen LogP contribution is -2.26. The molecule has 0 aliphatic heterocycles. The molecule has 0 radical (unpaired) electrons. The van der Waals surface area contributed by atoms with Gasteiger partial charge in [0, 0.05) is 12.1 Å². The van der Waals surface area contributed by atoms with Crippen molar-refractivity contribution in [1.29, 1.82) is 0 Å². The smallest absolute Gasteiger partial charge is 0.387 e. The minimum atomic E-state index is -2.96. The van der Waals surface area contributed by atoms with E-state index in [0.717, 1.165) is 6.07 Å². The van der Waals surface area contributed by atoms with Crippen LogP contribution in [0.5, 0.6) is 5.75 Å². The average molecular weight is 259 g/mol. The van der Waals surface area contributed by atoms with Crippen LogP contribution in [0.1, 0.15) is 16.8 Å². The molecular formula is C11H11F2NO4.